The van der Waals surface area contributed by atoms with Crippen molar-refractivity contribution >= 4 is 27.2 Å². The zero-order valence-corrected chi connectivity index (χ0v) is 12.0. The van der Waals surface area contributed by atoms with Gasteiger partial charge < -0.3 is 10.3 Å². The second-order valence-corrected chi connectivity index (χ2v) is 5.62. The Bertz CT molecular complexity index is 894. The number of aromatic nitrogens is 3. The number of nitrogens with two attached hydrogens (primary N) is 1. The maximum atomic E-state index is 12.2. The van der Waals surface area contributed by atoms with Gasteiger partial charge in [0, 0.05) is 31.0 Å². The predicted molar refractivity (Wildman–Crippen MR) is 83.6 cm³/mol. The van der Waals surface area contributed by atoms with Gasteiger partial charge in [-0.3, -0.25) is 14.2 Å². The Morgan fingerprint density at radius 3 is 2.81 bits per heavy atom. The summed E-state index contributed by atoms with van der Waals surface area (Å²) in [6.45, 7) is 1.02. The minimum Gasteiger partial charge on any atom is -0.398 e. The standard InChI is InChI=1S/C14H14N4O2S/c15-10-2-3-12(19)17(8-10)5-1-6-18-9-16-13-11(14(18)20)4-7-21-13/h2-4,7-9H,1,5-6,15H2. The lowest BCUT2D eigenvalue weighted by atomic mass is 10.3. The van der Waals surface area contributed by atoms with Crippen molar-refractivity contribution in [2.75, 3.05) is 5.73 Å². The Hall–Kier alpha value is -2.41. The van der Waals surface area contributed by atoms with Gasteiger partial charge in [0.15, 0.2) is 0 Å². The number of nitrogen functional groups attached to an aromatic ring is 1. The van der Waals surface area contributed by atoms with Crippen LogP contribution in [0.5, 0.6) is 0 Å². The molecule has 0 unspecified atom stereocenters. The molecule has 0 saturated carbocycles. The fraction of sp³-hybridized carbons (Fsp3) is 0.214. The Morgan fingerprint density at radius 2 is 1.95 bits per heavy atom. The molecule has 3 aromatic rings. The molecule has 0 atom stereocenters. The molecule has 0 fully saturated rings. The van der Waals surface area contributed by atoms with Crippen LogP contribution in [0.25, 0.3) is 10.2 Å². The number of fused-ring (bicyclic) bond motifs is 1. The first-order valence-corrected chi connectivity index (χ1v) is 7.42. The highest BCUT2D eigenvalue weighted by molar-refractivity contribution is 7.16. The molecule has 0 aliphatic heterocycles. The maximum absolute atomic E-state index is 12.2. The van der Waals surface area contributed by atoms with Gasteiger partial charge in [0.05, 0.1) is 11.7 Å². The van der Waals surface area contributed by atoms with Crippen molar-refractivity contribution < 1.29 is 0 Å². The second kappa shape index (κ2) is 5.53. The molecule has 3 aromatic heterocycles. The molecule has 0 amide bonds. The van der Waals surface area contributed by atoms with Crippen LogP contribution in [-0.2, 0) is 13.1 Å². The Labute approximate surface area is 124 Å². The Morgan fingerprint density at radius 1 is 1.14 bits per heavy atom. The number of hydrogen-bond donors (Lipinski definition) is 1. The first kappa shape index (κ1) is 13.6. The van der Waals surface area contributed by atoms with Crippen LogP contribution in [0.4, 0.5) is 5.69 Å². The molecule has 0 saturated heterocycles. The van der Waals surface area contributed by atoms with Gasteiger partial charge in [-0.1, -0.05) is 0 Å². The molecule has 3 heterocycles. The van der Waals surface area contributed by atoms with Gasteiger partial charge in [0.1, 0.15) is 4.83 Å². The summed E-state index contributed by atoms with van der Waals surface area (Å²) in [7, 11) is 0. The highest BCUT2D eigenvalue weighted by Gasteiger charge is 2.05. The lowest BCUT2D eigenvalue weighted by Gasteiger charge is -2.08. The molecular weight excluding hydrogens is 288 g/mol. The molecule has 3 rings (SSSR count). The largest absolute Gasteiger partial charge is 0.398 e. The van der Waals surface area contributed by atoms with Crippen LogP contribution in [0.3, 0.4) is 0 Å². The zero-order valence-electron chi connectivity index (χ0n) is 11.2. The molecule has 0 radical (unpaired) electrons. The van der Waals surface area contributed by atoms with E-state index >= 15 is 0 Å². The van der Waals surface area contributed by atoms with Crippen LogP contribution in [0.2, 0.25) is 0 Å². The number of thiophene rings is 1. The van der Waals surface area contributed by atoms with E-state index in [0.717, 1.165) is 4.83 Å². The van der Waals surface area contributed by atoms with Gasteiger partial charge in [-0.15, -0.1) is 11.3 Å². The van der Waals surface area contributed by atoms with Crippen LogP contribution >= 0.6 is 11.3 Å². The molecule has 2 N–H and O–H groups in total. The third kappa shape index (κ3) is 2.73. The fourth-order valence-corrected chi connectivity index (χ4v) is 2.91. The molecule has 6 nitrogen and oxygen atoms in total. The van der Waals surface area contributed by atoms with Crippen molar-refractivity contribution in [2.24, 2.45) is 0 Å². The van der Waals surface area contributed by atoms with Gasteiger partial charge in [-0.2, -0.15) is 0 Å². The number of anilines is 1. The third-order valence-corrected chi connectivity index (χ3v) is 4.08. The van der Waals surface area contributed by atoms with Gasteiger partial charge in [0.2, 0.25) is 0 Å². The van der Waals surface area contributed by atoms with Crippen LogP contribution in [0, 0.1) is 0 Å². The first-order valence-electron chi connectivity index (χ1n) is 6.54. The van der Waals surface area contributed by atoms with E-state index in [-0.39, 0.29) is 11.1 Å². The topological polar surface area (TPSA) is 82.9 Å². The van der Waals surface area contributed by atoms with Crippen LogP contribution < -0.4 is 16.9 Å². The van der Waals surface area contributed by atoms with E-state index in [1.807, 2.05) is 5.38 Å². The van der Waals surface area contributed by atoms with Crippen molar-refractivity contribution in [3.05, 3.63) is 56.8 Å². The van der Waals surface area contributed by atoms with Crippen LogP contribution in [-0.4, -0.2) is 14.1 Å². The summed E-state index contributed by atoms with van der Waals surface area (Å²) in [6, 6.07) is 4.81. The summed E-state index contributed by atoms with van der Waals surface area (Å²) in [5.41, 5.74) is 6.08. The second-order valence-electron chi connectivity index (χ2n) is 4.73. The number of rotatable bonds is 4. The maximum Gasteiger partial charge on any atom is 0.262 e. The Kier molecular flexibility index (Phi) is 3.57. The van der Waals surface area contributed by atoms with Crippen molar-refractivity contribution in [1.82, 2.24) is 14.1 Å². The molecule has 7 heteroatoms. The number of aryl methyl sites for hydroxylation is 2. The van der Waals surface area contributed by atoms with Crippen molar-refractivity contribution in [1.29, 1.82) is 0 Å². The fourth-order valence-electron chi connectivity index (χ4n) is 2.19. The molecule has 0 aliphatic rings. The predicted octanol–water partition coefficient (Wildman–Crippen LogP) is 1.29. The van der Waals surface area contributed by atoms with Crippen molar-refractivity contribution in [3.63, 3.8) is 0 Å². The van der Waals surface area contributed by atoms with E-state index in [1.54, 1.807) is 33.8 Å². The van der Waals surface area contributed by atoms with Crippen LogP contribution in [0.15, 0.2) is 45.7 Å². The van der Waals surface area contributed by atoms with E-state index in [1.165, 1.54) is 17.4 Å². The Balaban J connectivity index is 1.75. The average Bonchev–Trinajstić information content (AvgIpc) is 2.94. The summed E-state index contributed by atoms with van der Waals surface area (Å²) in [6.07, 6.45) is 3.83. The first-order chi connectivity index (χ1) is 10.1. The lowest BCUT2D eigenvalue weighted by molar-refractivity contribution is 0.542. The monoisotopic (exact) mass is 302 g/mol. The molecule has 21 heavy (non-hydrogen) atoms. The van der Waals surface area contributed by atoms with Gasteiger partial charge >= 0.3 is 0 Å². The molecular formula is C14H14N4O2S. The van der Waals surface area contributed by atoms with Crippen LogP contribution in [0.1, 0.15) is 6.42 Å². The highest BCUT2D eigenvalue weighted by atomic mass is 32.1. The third-order valence-electron chi connectivity index (χ3n) is 3.25. The van der Waals surface area contributed by atoms with Gasteiger partial charge in [-0.25, -0.2) is 4.98 Å². The molecule has 0 aromatic carbocycles. The SMILES string of the molecule is Nc1ccc(=O)n(CCCn2cnc3sccc3c2=O)c1. The molecule has 108 valence electrons. The molecule has 0 bridgehead atoms. The van der Waals surface area contributed by atoms with Gasteiger partial charge in [-0.05, 0) is 23.9 Å². The van der Waals surface area contributed by atoms with Gasteiger partial charge in [0.25, 0.3) is 11.1 Å². The average molecular weight is 302 g/mol. The summed E-state index contributed by atoms with van der Waals surface area (Å²) in [5.74, 6) is 0. The van der Waals surface area contributed by atoms with E-state index in [4.69, 9.17) is 5.73 Å². The summed E-state index contributed by atoms with van der Waals surface area (Å²) >= 11 is 1.45. The summed E-state index contributed by atoms with van der Waals surface area (Å²) in [5, 5.41) is 2.50. The number of nitrogens with zero attached hydrogens (tertiary/aromatic N) is 3. The summed E-state index contributed by atoms with van der Waals surface area (Å²) in [4.78, 5) is 28.8. The minimum absolute atomic E-state index is 0.0406. The van der Waals surface area contributed by atoms with Crippen molar-refractivity contribution in [2.45, 2.75) is 19.5 Å². The van der Waals surface area contributed by atoms with E-state index in [0.29, 0.717) is 30.6 Å². The normalized spacial score (nSPS) is 11.0. The zero-order chi connectivity index (χ0) is 14.8. The number of pyridine rings is 1. The lowest BCUT2D eigenvalue weighted by Crippen LogP contribution is -2.23. The summed E-state index contributed by atoms with van der Waals surface area (Å²) < 4.78 is 3.13. The smallest absolute Gasteiger partial charge is 0.262 e. The van der Waals surface area contributed by atoms with Crippen molar-refractivity contribution in [3.8, 4) is 0 Å². The number of hydrogen-bond acceptors (Lipinski definition) is 5. The van der Waals surface area contributed by atoms with E-state index < -0.39 is 0 Å². The molecule has 0 spiro atoms. The highest BCUT2D eigenvalue weighted by Crippen LogP contribution is 2.13. The van der Waals surface area contributed by atoms with E-state index in [9.17, 15) is 9.59 Å². The molecule has 0 aliphatic carbocycles. The quantitative estimate of drug-likeness (QED) is 0.787. The minimum atomic E-state index is -0.0945. The van der Waals surface area contributed by atoms with E-state index in [2.05, 4.69) is 4.98 Å².